The Hall–Kier alpha value is -3.31. The van der Waals surface area contributed by atoms with Gasteiger partial charge in [0.1, 0.15) is 29.8 Å². The molecule has 1 aromatic heterocycles. The Morgan fingerprint density at radius 2 is 1.98 bits per heavy atom. The van der Waals surface area contributed by atoms with Crippen molar-refractivity contribution in [2.75, 3.05) is 13.7 Å². The van der Waals surface area contributed by atoms with Gasteiger partial charge in [-0.1, -0.05) is 50.3 Å². The van der Waals surface area contributed by atoms with Crippen LogP contribution in [0.5, 0.6) is 0 Å². The highest BCUT2D eigenvalue weighted by molar-refractivity contribution is 5.82. The van der Waals surface area contributed by atoms with Crippen LogP contribution < -0.4 is 0 Å². The van der Waals surface area contributed by atoms with Crippen LogP contribution in [0, 0.1) is 24.7 Å². The van der Waals surface area contributed by atoms with Gasteiger partial charge in [0.2, 0.25) is 0 Å². The van der Waals surface area contributed by atoms with Gasteiger partial charge < -0.3 is 33.6 Å². The molecule has 2 aliphatic rings. The van der Waals surface area contributed by atoms with Crippen molar-refractivity contribution in [1.82, 2.24) is 4.98 Å². The highest BCUT2D eigenvalue weighted by Crippen LogP contribution is 2.43. The number of cyclic esters (lactones) is 1. The van der Waals surface area contributed by atoms with Gasteiger partial charge in [0.25, 0.3) is 0 Å². The lowest BCUT2D eigenvalue weighted by atomic mass is 9.85. The van der Waals surface area contributed by atoms with Crippen molar-refractivity contribution < 1.29 is 43.2 Å². The number of aliphatic hydroxyl groups is 2. The molecule has 0 radical (unpaired) electrons. The van der Waals surface area contributed by atoms with E-state index in [1.807, 2.05) is 71.1 Å². The van der Waals surface area contributed by atoms with Crippen molar-refractivity contribution in [1.29, 1.82) is 0 Å². The number of nitrogens with zero attached hydrogens (tertiary/aromatic N) is 1. The molecule has 0 amide bonds. The van der Waals surface area contributed by atoms with Crippen LogP contribution >= 0.6 is 0 Å². The highest BCUT2D eigenvalue weighted by Gasteiger charge is 2.57. The Morgan fingerprint density at radius 1 is 1.23 bits per heavy atom. The van der Waals surface area contributed by atoms with E-state index in [2.05, 4.69) is 4.98 Å². The largest absolute Gasteiger partial charge is 0.466 e. The van der Waals surface area contributed by atoms with Crippen LogP contribution in [-0.4, -0.2) is 77.0 Å². The maximum atomic E-state index is 13.1. The quantitative estimate of drug-likeness (QED) is 0.137. The number of aryl methyl sites for hydroxylation is 1. The second kappa shape index (κ2) is 17.7. The van der Waals surface area contributed by atoms with Crippen LogP contribution in [-0.2, 0) is 28.5 Å². The first-order chi connectivity index (χ1) is 22.3. The molecule has 10 nitrogen and oxygen atoms in total. The average Bonchev–Trinajstić information content (AvgIpc) is 3.51. The predicted octanol–water partition coefficient (Wildman–Crippen LogP) is 5.83. The van der Waals surface area contributed by atoms with Crippen LogP contribution in [0.1, 0.15) is 78.8 Å². The third-order valence-electron chi connectivity index (χ3n) is 9.03. The van der Waals surface area contributed by atoms with Crippen molar-refractivity contribution in [3.63, 3.8) is 0 Å². The molecule has 260 valence electrons. The first-order valence-electron chi connectivity index (χ1n) is 16.5. The van der Waals surface area contributed by atoms with Crippen LogP contribution in [0.3, 0.4) is 0 Å². The number of carbonyl (C=O) groups is 2. The summed E-state index contributed by atoms with van der Waals surface area (Å²) in [4.78, 5) is 29.7. The molecule has 2 aliphatic heterocycles. The zero-order valence-corrected chi connectivity index (χ0v) is 29.0. The number of hydrogen-bond acceptors (Lipinski definition) is 10. The molecule has 0 saturated carbocycles. The maximum Gasteiger partial charge on any atom is 0.330 e. The lowest BCUT2D eigenvalue weighted by Crippen LogP contribution is -2.41. The molecule has 0 bridgehead atoms. The number of aliphatic hydroxyl groups excluding tert-OH is 2. The third kappa shape index (κ3) is 11.4. The number of carbonyl (C=O) groups excluding carboxylic acids is 2. The molecular weight excluding hydrogens is 602 g/mol. The Bertz CT molecular complexity index is 1340. The molecule has 3 heterocycles. The predicted molar refractivity (Wildman–Crippen MR) is 179 cm³/mol. The van der Waals surface area contributed by atoms with E-state index in [4.69, 9.17) is 23.4 Å². The minimum Gasteiger partial charge on any atom is -0.466 e. The standard InChI is InChI=1S/C37H53NO9/c1-9-44-35(42)20-28-14-11-15-34(41)46-31(21-32(40)37(7)33(47-37)17-16-24(3)30(39)19-28)26(5)36(43-8)25(4)13-10-12-23(2)18-29-22-45-27(6)38-29/h10-13,15-18,22,24,26,28,30-33,36,39-40H,9,14,19-21H2,1-8H3/b12-10+,15-11+,17-16+,23-18+,25-13+/t24-,26+,28-,30-,31?,32+,33-,36-,37+/m1/s1. The van der Waals surface area contributed by atoms with E-state index in [0.717, 1.165) is 16.8 Å². The Morgan fingerprint density at radius 3 is 2.64 bits per heavy atom. The number of rotatable bonds is 10. The summed E-state index contributed by atoms with van der Waals surface area (Å²) in [5.74, 6) is -1.07. The molecule has 1 unspecified atom stereocenters. The molecule has 9 atom stereocenters. The van der Waals surface area contributed by atoms with Gasteiger partial charge in [-0.25, -0.2) is 9.78 Å². The van der Waals surface area contributed by atoms with E-state index in [9.17, 15) is 19.8 Å². The Kier molecular flexibility index (Phi) is 14.4. The molecule has 0 aromatic carbocycles. The number of fused-ring (bicyclic) bond motifs is 1. The van der Waals surface area contributed by atoms with Gasteiger partial charge in [-0.05, 0) is 63.7 Å². The second-order valence-corrected chi connectivity index (χ2v) is 13.0. The lowest BCUT2D eigenvalue weighted by Gasteiger charge is -2.32. The first-order valence-corrected chi connectivity index (χ1v) is 16.5. The number of epoxide rings is 1. The topological polar surface area (TPSA) is 141 Å². The summed E-state index contributed by atoms with van der Waals surface area (Å²) in [5, 5.41) is 22.2. The van der Waals surface area contributed by atoms with Gasteiger partial charge in [0, 0.05) is 44.8 Å². The van der Waals surface area contributed by atoms with Gasteiger partial charge in [0.05, 0.1) is 24.9 Å². The number of ether oxygens (including phenoxy) is 4. The maximum absolute atomic E-state index is 13.1. The van der Waals surface area contributed by atoms with E-state index in [0.29, 0.717) is 18.7 Å². The second-order valence-electron chi connectivity index (χ2n) is 13.0. The van der Waals surface area contributed by atoms with E-state index in [1.165, 1.54) is 6.08 Å². The number of methoxy groups -OCH3 is 1. The molecule has 3 rings (SSSR count). The fourth-order valence-corrected chi connectivity index (χ4v) is 5.97. The zero-order chi connectivity index (χ0) is 34.7. The van der Waals surface area contributed by atoms with Gasteiger partial charge in [-0.3, -0.25) is 4.79 Å². The van der Waals surface area contributed by atoms with Crippen LogP contribution in [0.25, 0.3) is 6.08 Å². The van der Waals surface area contributed by atoms with Crippen molar-refractivity contribution in [3.05, 3.63) is 71.5 Å². The smallest absolute Gasteiger partial charge is 0.330 e. The summed E-state index contributed by atoms with van der Waals surface area (Å²) in [6.45, 7) is 13.4. The monoisotopic (exact) mass is 655 g/mol. The van der Waals surface area contributed by atoms with Crippen molar-refractivity contribution in [3.8, 4) is 0 Å². The SMILES string of the molecule is CCOC(=O)C[C@@H]1C/C=C/C(=O)OC([C@H](C)[C@H](OC)/C(C)=C/C=C/C(C)=C/c2coc(C)n2)C[C@H](O)[C@]2(C)O[C@@H]2/C=C/[C@@H](C)[C@H](O)C1. The number of hydrogen-bond donors (Lipinski definition) is 2. The number of allylic oxidation sites excluding steroid dienone is 5. The van der Waals surface area contributed by atoms with Crippen molar-refractivity contribution in [2.45, 2.75) is 110 Å². The van der Waals surface area contributed by atoms with Crippen molar-refractivity contribution in [2.24, 2.45) is 17.8 Å². The summed E-state index contributed by atoms with van der Waals surface area (Å²) in [5.41, 5.74) is 1.78. The molecular formula is C37H53NO9. The Labute approximate surface area is 279 Å². The fraction of sp³-hybridized carbons (Fsp3) is 0.595. The molecule has 47 heavy (non-hydrogen) atoms. The molecule has 1 saturated heterocycles. The van der Waals surface area contributed by atoms with Crippen molar-refractivity contribution >= 4 is 18.0 Å². The number of aromatic nitrogens is 1. The van der Waals surface area contributed by atoms with Gasteiger partial charge in [-0.15, -0.1) is 0 Å². The van der Waals surface area contributed by atoms with E-state index in [-0.39, 0.29) is 49.3 Å². The Balaban J connectivity index is 1.82. The van der Waals surface area contributed by atoms with Crippen LogP contribution in [0.15, 0.2) is 64.4 Å². The van der Waals surface area contributed by atoms with Crippen LogP contribution in [0.4, 0.5) is 0 Å². The molecule has 2 N–H and O–H groups in total. The lowest BCUT2D eigenvalue weighted by molar-refractivity contribution is -0.150. The van der Waals surface area contributed by atoms with E-state index >= 15 is 0 Å². The molecule has 1 fully saturated rings. The summed E-state index contributed by atoms with van der Waals surface area (Å²) < 4.78 is 28.2. The van der Waals surface area contributed by atoms with Crippen LogP contribution in [0.2, 0.25) is 0 Å². The highest BCUT2D eigenvalue weighted by atomic mass is 16.6. The zero-order valence-electron chi connectivity index (χ0n) is 29.0. The minimum atomic E-state index is -0.932. The van der Waals surface area contributed by atoms with Gasteiger partial charge in [-0.2, -0.15) is 0 Å². The van der Waals surface area contributed by atoms with Gasteiger partial charge >= 0.3 is 11.9 Å². The average molecular weight is 656 g/mol. The summed E-state index contributed by atoms with van der Waals surface area (Å²) in [7, 11) is 1.61. The number of esters is 2. The summed E-state index contributed by atoms with van der Waals surface area (Å²) in [6.07, 6.45) is 14.0. The number of oxazole rings is 1. The van der Waals surface area contributed by atoms with Gasteiger partial charge in [0.15, 0.2) is 5.89 Å². The normalized spacial score (nSPS) is 32.3. The molecule has 10 heteroatoms. The molecule has 1 aromatic rings. The minimum absolute atomic E-state index is 0.126. The summed E-state index contributed by atoms with van der Waals surface area (Å²) >= 11 is 0. The third-order valence-corrected chi connectivity index (χ3v) is 9.03. The summed E-state index contributed by atoms with van der Waals surface area (Å²) in [6, 6.07) is 0. The first kappa shape index (κ1) is 38.1. The molecule has 0 spiro atoms. The van der Waals surface area contributed by atoms with E-state index < -0.39 is 36.0 Å². The fourth-order valence-electron chi connectivity index (χ4n) is 5.97. The van der Waals surface area contributed by atoms with E-state index in [1.54, 1.807) is 33.3 Å². The molecule has 0 aliphatic carbocycles.